The first-order valence-corrected chi connectivity index (χ1v) is 7.22. The first-order valence-electron chi connectivity index (χ1n) is 6.46. The van der Waals surface area contributed by atoms with E-state index in [4.69, 9.17) is 33.7 Å². The van der Waals surface area contributed by atoms with Crippen molar-refractivity contribution in [3.05, 3.63) is 63.1 Å². The molecule has 0 amide bonds. The van der Waals surface area contributed by atoms with E-state index in [2.05, 4.69) is 0 Å². The molecule has 2 aromatic carbocycles. The summed E-state index contributed by atoms with van der Waals surface area (Å²) in [5.41, 5.74) is 8.70. The third-order valence-corrected chi connectivity index (χ3v) is 3.67. The molecule has 2 rings (SSSR count). The van der Waals surface area contributed by atoms with Crippen molar-refractivity contribution in [2.24, 2.45) is 5.73 Å². The van der Waals surface area contributed by atoms with Crippen molar-refractivity contribution >= 4 is 23.2 Å². The third kappa shape index (κ3) is 3.89. The highest BCUT2D eigenvalue weighted by atomic mass is 35.5. The summed E-state index contributed by atoms with van der Waals surface area (Å²) in [5.74, 6) is 0.657. The van der Waals surface area contributed by atoms with Crippen molar-refractivity contribution < 1.29 is 4.74 Å². The Balaban J connectivity index is 2.07. The number of benzene rings is 2. The molecule has 0 spiro atoms. The maximum Gasteiger partial charge on any atom is 0.138 e. The van der Waals surface area contributed by atoms with Crippen LogP contribution in [0.5, 0.6) is 5.75 Å². The minimum atomic E-state index is 0.398. The lowest BCUT2D eigenvalue weighted by Gasteiger charge is -2.11. The van der Waals surface area contributed by atoms with E-state index in [0.717, 1.165) is 23.1 Å². The average Bonchev–Trinajstić information content (AvgIpc) is 2.40. The molecule has 0 atom stereocenters. The SMILES string of the molecule is Cc1ccc(COc2ccc(CCN)cc2Cl)c(Cl)c1. The Morgan fingerprint density at radius 3 is 2.50 bits per heavy atom. The Labute approximate surface area is 129 Å². The average molecular weight is 310 g/mol. The maximum atomic E-state index is 6.20. The van der Waals surface area contributed by atoms with Crippen LogP contribution in [0.15, 0.2) is 36.4 Å². The predicted octanol–water partition coefficient (Wildman–Crippen LogP) is 4.38. The van der Waals surface area contributed by atoms with Crippen LogP contribution in [0, 0.1) is 6.92 Å². The van der Waals surface area contributed by atoms with Crippen LogP contribution >= 0.6 is 23.2 Å². The van der Waals surface area contributed by atoms with E-state index >= 15 is 0 Å². The van der Waals surface area contributed by atoms with Gasteiger partial charge in [0.1, 0.15) is 12.4 Å². The van der Waals surface area contributed by atoms with Crippen LogP contribution in [0.1, 0.15) is 16.7 Å². The zero-order valence-electron chi connectivity index (χ0n) is 11.3. The quantitative estimate of drug-likeness (QED) is 0.889. The Hall–Kier alpha value is -1.22. The Morgan fingerprint density at radius 1 is 1.05 bits per heavy atom. The molecule has 2 aromatic rings. The number of halogens is 2. The molecule has 20 heavy (non-hydrogen) atoms. The van der Waals surface area contributed by atoms with Crippen LogP contribution in [-0.4, -0.2) is 6.54 Å². The Bertz CT molecular complexity index is 599. The van der Waals surface area contributed by atoms with E-state index < -0.39 is 0 Å². The van der Waals surface area contributed by atoms with Gasteiger partial charge in [-0.15, -0.1) is 0 Å². The van der Waals surface area contributed by atoms with E-state index in [1.54, 1.807) is 0 Å². The van der Waals surface area contributed by atoms with Gasteiger partial charge in [0.05, 0.1) is 5.02 Å². The smallest absolute Gasteiger partial charge is 0.138 e. The van der Waals surface area contributed by atoms with E-state index in [-0.39, 0.29) is 0 Å². The van der Waals surface area contributed by atoms with Gasteiger partial charge in [-0.2, -0.15) is 0 Å². The monoisotopic (exact) mass is 309 g/mol. The summed E-state index contributed by atoms with van der Waals surface area (Å²) < 4.78 is 5.73. The zero-order chi connectivity index (χ0) is 14.5. The highest BCUT2D eigenvalue weighted by molar-refractivity contribution is 6.32. The van der Waals surface area contributed by atoms with Crippen molar-refractivity contribution in [2.75, 3.05) is 6.54 Å². The maximum absolute atomic E-state index is 6.20. The van der Waals surface area contributed by atoms with Crippen LogP contribution in [0.3, 0.4) is 0 Å². The molecule has 2 N–H and O–H groups in total. The summed E-state index contributed by atoms with van der Waals surface area (Å²) in [5, 5.41) is 1.31. The lowest BCUT2D eigenvalue weighted by atomic mass is 10.1. The number of rotatable bonds is 5. The Kier molecular flexibility index (Phi) is 5.30. The van der Waals surface area contributed by atoms with E-state index in [1.807, 2.05) is 43.3 Å². The summed E-state index contributed by atoms with van der Waals surface area (Å²) in [4.78, 5) is 0. The fraction of sp³-hybridized carbons (Fsp3) is 0.250. The van der Waals surface area contributed by atoms with Gasteiger partial charge in [-0.05, 0) is 49.2 Å². The minimum absolute atomic E-state index is 0.398. The minimum Gasteiger partial charge on any atom is -0.487 e. The van der Waals surface area contributed by atoms with Gasteiger partial charge in [-0.3, -0.25) is 0 Å². The highest BCUT2D eigenvalue weighted by Crippen LogP contribution is 2.27. The zero-order valence-corrected chi connectivity index (χ0v) is 12.8. The molecule has 0 aliphatic carbocycles. The van der Waals surface area contributed by atoms with Crippen molar-refractivity contribution in [2.45, 2.75) is 20.0 Å². The van der Waals surface area contributed by atoms with Crippen LogP contribution in [0.4, 0.5) is 0 Å². The van der Waals surface area contributed by atoms with Crippen LogP contribution in [0.2, 0.25) is 10.0 Å². The van der Waals surface area contributed by atoms with E-state index in [1.165, 1.54) is 0 Å². The van der Waals surface area contributed by atoms with Gasteiger partial charge in [0.2, 0.25) is 0 Å². The van der Waals surface area contributed by atoms with Crippen molar-refractivity contribution in [3.63, 3.8) is 0 Å². The van der Waals surface area contributed by atoms with E-state index in [0.29, 0.717) is 28.9 Å². The highest BCUT2D eigenvalue weighted by Gasteiger charge is 2.06. The van der Waals surface area contributed by atoms with Gasteiger partial charge < -0.3 is 10.5 Å². The second-order valence-electron chi connectivity index (χ2n) is 4.69. The molecule has 0 heterocycles. The summed E-state index contributed by atoms with van der Waals surface area (Å²) in [6.07, 6.45) is 0.809. The van der Waals surface area contributed by atoms with Gasteiger partial charge in [0.25, 0.3) is 0 Å². The number of hydrogen-bond donors (Lipinski definition) is 1. The molecule has 2 nitrogen and oxygen atoms in total. The fourth-order valence-corrected chi connectivity index (χ4v) is 2.46. The van der Waals surface area contributed by atoms with Gasteiger partial charge in [-0.1, -0.05) is 41.4 Å². The second-order valence-corrected chi connectivity index (χ2v) is 5.50. The molecule has 4 heteroatoms. The third-order valence-electron chi connectivity index (χ3n) is 3.02. The molecular formula is C16H17Cl2NO. The molecule has 0 radical (unpaired) electrons. The van der Waals surface area contributed by atoms with Gasteiger partial charge in [-0.25, -0.2) is 0 Å². The summed E-state index contributed by atoms with van der Waals surface area (Å²) in [6, 6.07) is 11.6. The predicted molar refractivity (Wildman–Crippen MR) is 84.7 cm³/mol. The molecule has 0 unspecified atom stereocenters. The lowest BCUT2D eigenvalue weighted by Crippen LogP contribution is -2.03. The molecule has 0 saturated heterocycles. The number of nitrogens with two attached hydrogens (primary N) is 1. The fourth-order valence-electron chi connectivity index (χ4n) is 1.91. The van der Waals surface area contributed by atoms with Gasteiger partial charge >= 0.3 is 0 Å². The first kappa shape index (κ1) is 15.2. The second kappa shape index (κ2) is 6.98. The van der Waals surface area contributed by atoms with Crippen LogP contribution in [-0.2, 0) is 13.0 Å². The number of ether oxygens (including phenoxy) is 1. The summed E-state index contributed by atoms with van der Waals surface area (Å²) in [7, 11) is 0. The molecule has 0 saturated carbocycles. The van der Waals surface area contributed by atoms with Crippen LogP contribution in [0.25, 0.3) is 0 Å². The molecule has 0 fully saturated rings. The van der Waals surface area contributed by atoms with Crippen LogP contribution < -0.4 is 10.5 Å². The topological polar surface area (TPSA) is 35.2 Å². The molecule has 0 aliphatic heterocycles. The normalized spacial score (nSPS) is 10.6. The molecule has 0 aromatic heterocycles. The summed E-state index contributed by atoms with van der Waals surface area (Å²) >= 11 is 12.4. The Morgan fingerprint density at radius 2 is 1.85 bits per heavy atom. The first-order chi connectivity index (χ1) is 9.60. The number of hydrogen-bond acceptors (Lipinski definition) is 2. The number of aryl methyl sites for hydroxylation is 1. The molecule has 106 valence electrons. The summed E-state index contributed by atoms with van der Waals surface area (Å²) in [6.45, 7) is 3.01. The largest absolute Gasteiger partial charge is 0.487 e. The molecular weight excluding hydrogens is 293 g/mol. The standard InChI is InChI=1S/C16H17Cl2NO/c1-11-2-4-13(14(17)8-11)10-20-16-5-3-12(6-7-19)9-15(16)18/h2-5,8-9H,6-7,10,19H2,1H3. The molecule has 0 bridgehead atoms. The van der Waals surface area contributed by atoms with E-state index in [9.17, 15) is 0 Å². The van der Waals surface area contributed by atoms with Gasteiger partial charge in [0, 0.05) is 10.6 Å². The molecule has 0 aliphatic rings. The van der Waals surface area contributed by atoms with Crippen molar-refractivity contribution in [1.82, 2.24) is 0 Å². The lowest BCUT2D eigenvalue weighted by molar-refractivity contribution is 0.306. The van der Waals surface area contributed by atoms with Crippen molar-refractivity contribution in [1.29, 1.82) is 0 Å². The van der Waals surface area contributed by atoms with Crippen molar-refractivity contribution in [3.8, 4) is 5.75 Å². The van der Waals surface area contributed by atoms with Gasteiger partial charge in [0.15, 0.2) is 0 Å².